The molecule has 7 heteroatoms. The summed E-state index contributed by atoms with van der Waals surface area (Å²) in [6, 6.07) is 11.2. The number of para-hydroxylation sites is 1. The third kappa shape index (κ3) is 8.06. The summed E-state index contributed by atoms with van der Waals surface area (Å²) in [6.07, 6.45) is 0.640. The van der Waals surface area contributed by atoms with Crippen molar-refractivity contribution in [1.82, 2.24) is 5.32 Å². The Morgan fingerprint density at radius 3 is 2.44 bits per heavy atom. The van der Waals surface area contributed by atoms with Gasteiger partial charge in [0.1, 0.15) is 13.2 Å². The largest absolute Gasteiger partial charge is 0.493 e. The maximum atomic E-state index is 13.0. The fourth-order valence-corrected chi connectivity index (χ4v) is 3.43. The van der Waals surface area contributed by atoms with E-state index in [0.29, 0.717) is 36.6 Å². The maximum Gasteiger partial charge on any atom is 0.311 e. The number of ether oxygens (including phenoxy) is 3. The van der Waals surface area contributed by atoms with Gasteiger partial charge in [-0.25, -0.2) is 0 Å². The molecule has 186 valence electrons. The van der Waals surface area contributed by atoms with Crippen molar-refractivity contribution >= 4 is 11.9 Å². The Kier molecular flexibility index (Phi) is 9.93. The van der Waals surface area contributed by atoms with Crippen LogP contribution in [0.1, 0.15) is 43.0 Å². The number of aryl methyl sites for hydroxylation is 2. The molecule has 1 atom stereocenters. The van der Waals surface area contributed by atoms with Crippen molar-refractivity contribution in [1.29, 1.82) is 0 Å². The second-order valence-electron chi connectivity index (χ2n) is 9.50. The molecule has 0 radical (unpaired) electrons. The lowest BCUT2D eigenvalue weighted by atomic mass is 9.97. The van der Waals surface area contributed by atoms with Crippen LogP contribution in [0.3, 0.4) is 0 Å². The molecule has 0 fully saturated rings. The standard InChI is InChI=1S/C27H38N2O5/c1-18-10-11-20(14-19(18)2)15-22(17-34-26(31)27(3,4)5)29-24(30)16-21-8-7-9-23(25(21)32-6)33-13-12-28/h7-11,14,22H,12-13,15-17,28H2,1-6H3,(H,29,30). The summed E-state index contributed by atoms with van der Waals surface area (Å²) in [5.41, 5.74) is 9.05. The lowest BCUT2D eigenvalue weighted by Crippen LogP contribution is -2.42. The first-order chi connectivity index (χ1) is 16.0. The SMILES string of the molecule is COc1c(CC(=O)NC(COC(=O)C(C)(C)C)Cc2ccc(C)c(C)c2)cccc1OCCN. The molecule has 3 N–H and O–H groups in total. The van der Waals surface area contributed by atoms with E-state index in [9.17, 15) is 9.59 Å². The number of amides is 1. The molecule has 2 aromatic carbocycles. The van der Waals surface area contributed by atoms with E-state index in [1.807, 2.05) is 18.2 Å². The first kappa shape index (κ1) is 27.2. The summed E-state index contributed by atoms with van der Waals surface area (Å²) in [5, 5.41) is 3.04. The quantitative estimate of drug-likeness (QED) is 0.488. The van der Waals surface area contributed by atoms with Crippen molar-refractivity contribution < 1.29 is 23.8 Å². The van der Waals surface area contributed by atoms with Crippen LogP contribution in [-0.2, 0) is 27.2 Å². The van der Waals surface area contributed by atoms with Gasteiger partial charge in [-0.2, -0.15) is 0 Å². The maximum absolute atomic E-state index is 13.0. The Bertz CT molecular complexity index is 981. The van der Waals surface area contributed by atoms with Gasteiger partial charge >= 0.3 is 5.97 Å². The average molecular weight is 471 g/mol. The normalized spacial score (nSPS) is 12.1. The van der Waals surface area contributed by atoms with Gasteiger partial charge in [0.25, 0.3) is 0 Å². The van der Waals surface area contributed by atoms with Crippen molar-refractivity contribution in [2.24, 2.45) is 11.1 Å². The van der Waals surface area contributed by atoms with Crippen LogP contribution in [0.25, 0.3) is 0 Å². The number of carbonyl (C=O) groups is 2. The van der Waals surface area contributed by atoms with Crippen molar-refractivity contribution in [3.05, 3.63) is 58.7 Å². The summed E-state index contributed by atoms with van der Waals surface area (Å²) < 4.78 is 16.7. The second-order valence-corrected chi connectivity index (χ2v) is 9.50. The molecule has 0 spiro atoms. The number of hydrogen-bond acceptors (Lipinski definition) is 6. The fraction of sp³-hybridized carbons (Fsp3) is 0.481. The van der Waals surface area contributed by atoms with Crippen LogP contribution in [0.2, 0.25) is 0 Å². The van der Waals surface area contributed by atoms with Gasteiger partial charge in [0.05, 0.1) is 25.0 Å². The average Bonchev–Trinajstić information content (AvgIpc) is 2.77. The van der Waals surface area contributed by atoms with Crippen LogP contribution >= 0.6 is 0 Å². The van der Waals surface area contributed by atoms with Gasteiger partial charge in [-0.15, -0.1) is 0 Å². The minimum absolute atomic E-state index is 0.0888. The molecule has 2 aromatic rings. The van der Waals surface area contributed by atoms with Gasteiger partial charge in [-0.05, 0) is 63.8 Å². The number of nitrogens with one attached hydrogen (secondary N) is 1. The molecule has 0 bridgehead atoms. The molecule has 0 aliphatic heterocycles. The summed E-state index contributed by atoms with van der Waals surface area (Å²) in [7, 11) is 1.54. The molecule has 0 aliphatic carbocycles. The van der Waals surface area contributed by atoms with Crippen molar-refractivity contribution in [3.63, 3.8) is 0 Å². The topological polar surface area (TPSA) is 99.9 Å². The zero-order valence-corrected chi connectivity index (χ0v) is 21.2. The zero-order valence-electron chi connectivity index (χ0n) is 21.2. The Hall–Kier alpha value is -3.06. The molecule has 7 nitrogen and oxygen atoms in total. The smallest absolute Gasteiger partial charge is 0.311 e. The van der Waals surface area contributed by atoms with Gasteiger partial charge in [0.2, 0.25) is 5.91 Å². The third-order valence-corrected chi connectivity index (χ3v) is 5.44. The summed E-state index contributed by atoms with van der Waals surface area (Å²) in [6.45, 7) is 10.3. The third-order valence-electron chi connectivity index (χ3n) is 5.44. The van der Waals surface area contributed by atoms with E-state index in [0.717, 1.165) is 5.56 Å². The van der Waals surface area contributed by atoms with Gasteiger partial charge in [0.15, 0.2) is 11.5 Å². The minimum Gasteiger partial charge on any atom is -0.493 e. The molecule has 1 amide bonds. The Balaban J connectivity index is 2.16. The monoisotopic (exact) mass is 470 g/mol. The van der Waals surface area contributed by atoms with Crippen LogP contribution in [0.15, 0.2) is 36.4 Å². The summed E-state index contributed by atoms with van der Waals surface area (Å²) >= 11 is 0. The van der Waals surface area contributed by atoms with Crippen LogP contribution in [0.4, 0.5) is 0 Å². The van der Waals surface area contributed by atoms with Crippen LogP contribution in [-0.4, -0.2) is 44.8 Å². The number of nitrogens with two attached hydrogens (primary N) is 1. The lowest BCUT2D eigenvalue weighted by Gasteiger charge is -2.23. The number of rotatable bonds is 11. The molecule has 0 saturated carbocycles. The molecule has 0 aromatic heterocycles. The van der Waals surface area contributed by atoms with Crippen molar-refractivity contribution in [3.8, 4) is 11.5 Å². The van der Waals surface area contributed by atoms with Gasteiger partial charge in [0, 0.05) is 12.1 Å². The lowest BCUT2D eigenvalue weighted by molar-refractivity contribution is -0.154. The highest BCUT2D eigenvalue weighted by Crippen LogP contribution is 2.31. The molecule has 0 aliphatic rings. The van der Waals surface area contributed by atoms with E-state index in [1.54, 1.807) is 33.9 Å². The first-order valence-electron chi connectivity index (χ1n) is 11.6. The van der Waals surface area contributed by atoms with E-state index < -0.39 is 5.41 Å². The van der Waals surface area contributed by atoms with Gasteiger partial charge < -0.3 is 25.3 Å². The molecule has 2 rings (SSSR count). The Morgan fingerprint density at radius 1 is 1.09 bits per heavy atom. The summed E-state index contributed by atoms with van der Waals surface area (Å²) in [5.74, 6) is 0.549. The molecule has 0 saturated heterocycles. The Labute approximate surface area is 203 Å². The highest BCUT2D eigenvalue weighted by molar-refractivity contribution is 5.80. The highest BCUT2D eigenvalue weighted by atomic mass is 16.5. The predicted octanol–water partition coefficient (Wildman–Crippen LogP) is 3.51. The predicted molar refractivity (Wildman–Crippen MR) is 133 cm³/mol. The zero-order chi connectivity index (χ0) is 25.3. The van der Waals surface area contributed by atoms with Crippen molar-refractivity contribution in [2.75, 3.05) is 26.9 Å². The fourth-order valence-electron chi connectivity index (χ4n) is 3.43. The molecular weight excluding hydrogens is 432 g/mol. The number of methoxy groups -OCH3 is 1. The minimum atomic E-state index is -0.619. The van der Waals surface area contributed by atoms with E-state index in [2.05, 4.69) is 31.3 Å². The second kappa shape index (κ2) is 12.4. The number of benzene rings is 2. The number of carbonyl (C=O) groups excluding carboxylic acids is 2. The molecular formula is C27H38N2O5. The Morgan fingerprint density at radius 2 is 1.82 bits per heavy atom. The van der Waals surface area contributed by atoms with E-state index in [4.69, 9.17) is 19.9 Å². The molecule has 1 unspecified atom stereocenters. The number of hydrogen-bond donors (Lipinski definition) is 2. The highest BCUT2D eigenvalue weighted by Gasteiger charge is 2.25. The van der Waals surface area contributed by atoms with Crippen LogP contribution < -0.4 is 20.5 Å². The molecule has 0 heterocycles. The van der Waals surface area contributed by atoms with Crippen LogP contribution in [0.5, 0.6) is 11.5 Å². The van der Waals surface area contributed by atoms with Crippen LogP contribution in [0, 0.1) is 19.3 Å². The van der Waals surface area contributed by atoms with E-state index in [1.165, 1.54) is 11.1 Å². The molecule has 34 heavy (non-hydrogen) atoms. The number of esters is 1. The van der Waals surface area contributed by atoms with E-state index >= 15 is 0 Å². The first-order valence-corrected chi connectivity index (χ1v) is 11.6. The van der Waals surface area contributed by atoms with Gasteiger partial charge in [-0.3, -0.25) is 9.59 Å². The summed E-state index contributed by atoms with van der Waals surface area (Å²) in [4.78, 5) is 25.3. The van der Waals surface area contributed by atoms with E-state index in [-0.39, 0.29) is 30.9 Å². The van der Waals surface area contributed by atoms with Crippen molar-refractivity contribution in [2.45, 2.75) is 53.5 Å². The van der Waals surface area contributed by atoms with Gasteiger partial charge in [-0.1, -0.05) is 30.3 Å².